The molecule has 0 atom stereocenters. The van der Waals surface area contributed by atoms with E-state index >= 15 is 0 Å². The Bertz CT molecular complexity index is 735. The highest BCUT2D eigenvalue weighted by molar-refractivity contribution is 7.21. The summed E-state index contributed by atoms with van der Waals surface area (Å²) in [4.78, 5) is 22.5. The van der Waals surface area contributed by atoms with Crippen LogP contribution in [-0.2, 0) is 0 Å². The summed E-state index contributed by atoms with van der Waals surface area (Å²) >= 11 is 7.23. The number of nitro groups is 1. The number of benzene rings is 1. The normalized spacial score (nSPS) is 10.3. The Labute approximate surface area is 123 Å². The third-order valence-corrected chi connectivity index (χ3v) is 4.07. The Kier molecular flexibility index (Phi) is 4.01. The van der Waals surface area contributed by atoms with E-state index in [2.05, 4.69) is 10.5 Å². The van der Waals surface area contributed by atoms with Gasteiger partial charge in [0.05, 0.1) is 9.95 Å². The molecule has 0 saturated heterocycles. The van der Waals surface area contributed by atoms with Gasteiger partial charge in [-0.05, 0) is 19.9 Å². The maximum Gasteiger partial charge on any atom is 0.283 e. The topological polar surface area (TPSA) is 84.6 Å². The zero-order valence-electron chi connectivity index (χ0n) is 10.6. The van der Waals surface area contributed by atoms with Crippen LogP contribution in [0.3, 0.4) is 0 Å². The predicted molar refractivity (Wildman–Crippen MR) is 79.7 cm³/mol. The SMILES string of the molecule is CC(C)=NNC(=O)c1sc2cc([N+](=O)[O-])ccc2c1Cl. The number of fused-ring (bicyclic) bond motifs is 1. The Hall–Kier alpha value is -1.99. The summed E-state index contributed by atoms with van der Waals surface area (Å²) in [5.41, 5.74) is 3.04. The molecule has 1 amide bonds. The molecule has 0 radical (unpaired) electrons. The number of nitrogens with one attached hydrogen (secondary N) is 1. The lowest BCUT2D eigenvalue weighted by atomic mass is 10.2. The Morgan fingerprint density at radius 2 is 2.15 bits per heavy atom. The number of hydrogen-bond donors (Lipinski definition) is 1. The molecule has 0 saturated carbocycles. The largest absolute Gasteiger partial charge is 0.283 e. The van der Waals surface area contributed by atoms with Gasteiger partial charge in [-0.3, -0.25) is 14.9 Å². The molecule has 1 heterocycles. The van der Waals surface area contributed by atoms with Crippen molar-refractivity contribution in [2.45, 2.75) is 13.8 Å². The van der Waals surface area contributed by atoms with Gasteiger partial charge in [-0.2, -0.15) is 5.10 Å². The van der Waals surface area contributed by atoms with Crippen molar-refractivity contribution in [1.29, 1.82) is 0 Å². The number of thiophene rings is 1. The smallest absolute Gasteiger partial charge is 0.266 e. The minimum atomic E-state index is -0.489. The maximum atomic E-state index is 11.9. The van der Waals surface area contributed by atoms with Gasteiger partial charge in [0.1, 0.15) is 4.88 Å². The van der Waals surface area contributed by atoms with E-state index in [1.54, 1.807) is 13.8 Å². The average Bonchev–Trinajstić information content (AvgIpc) is 2.73. The van der Waals surface area contributed by atoms with E-state index in [0.29, 0.717) is 15.8 Å². The molecule has 2 rings (SSSR count). The number of rotatable bonds is 3. The number of nitro benzene ring substituents is 1. The number of nitrogens with zero attached hydrogens (tertiary/aromatic N) is 2. The summed E-state index contributed by atoms with van der Waals surface area (Å²) in [6.07, 6.45) is 0. The fraction of sp³-hybridized carbons (Fsp3) is 0.167. The van der Waals surface area contributed by atoms with Crippen LogP contribution in [-0.4, -0.2) is 16.5 Å². The summed E-state index contributed by atoms with van der Waals surface area (Å²) in [5, 5.41) is 15.4. The van der Waals surface area contributed by atoms with Crippen molar-refractivity contribution in [1.82, 2.24) is 5.43 Å². The molecular formula is C12H10ClN3O3S. The molecule has 0 aliphatic rings. The highest BCUT2D eigenvalue weighted by atomic mass is 35.5. The zero-order chi connectivity index (χ0) is 14.9. The first-order valence-electron chi connectivity index (χ1n) is 5.58. The molecule has 2 aromatic rings. The first kappa shape index (κ1) is 14.4. The molecule has 1 aromatic heterocycles. The van der Waals surface area contributed by atoms with E-state index in [1.165, 1.54) is 18.2 Å². The summed E-state index contributed by atoms with van der Waals surface area (Å²) in [5.74, 6) is -0.431. The van der Waals surface area contributed by atoms with Crippen LogP contribution in [0.1, 0.15) is 23.5 Å². The molecule has 0 unspecified atom stereocenters. The van der Waals surface area contributed by atoms with E-state index in [1.807, 2.05) is 0 Å². The van der Waals surface area contributed by atoms with Gasteiger partial charge in [0, 0.05) is 27.9 Å². The number of carbonyl (C=O) groups excluding carboxylic acids is 1. The van der Waals surface area contributed by atoms with E-state index < -0.39 is 10.8 Å². The maximum absolute atomic E-state index is 11.9. The number of amides is 1. The van der Waals surface area contributed by atoms with Crippen molar-refractivity contribution >= 4 is 50.3 Å². The first-order valence-corrected chi connectivity index (χ1v) is 6.77. The molecule has 1 aromatic carbocycles. The first-order chi connectivity index (χ1) is 9.40. The molecule has 0 aliphatic carbocycles. The van der Waals surface area contributed by atoms with Crippen LogP contribution in [0.15, 0.2) is 23.3 Å². The van der Waals surface area contributed by atoms with Crippen LogP contribution in [0.4, 0.5) is 5.69 Å². The predicted octanol–water partition coefficient (Wildman–Crippen LogP) is 3.59. The van der Waals surface area contributed by atoms with Crippen molar-refractivity contribution in [2.24, 2.45) is 5.10 Å². The number of non-ortho nitro benzene ring substituents is 1. The molecule has 8 heteroatoms. The van der Waals surface area contributed by atoms with Crippen molar-refractivity contribution in [2.75, 3.05) is 0 Å². The van der Waals surface area contributed by atoms with Gasteiger partial charge in [0.25, 0.3) is 11.6 Å². The van der Waals surface area contributed by atoms with Gasteiger partial charge in [-0.1, -0.05) is 11.6 Å². The van der Waals surface area contributed by atoms with E-state index in [9.17, 15) is 14.9 Å². The third kappa shape index (κ3) is 2.78. The molecule has 20 heavy (non-hydrogen) atoms. The monoisotopic (exact) mass is 311 g/mol. The zero-order valence-corrected chi connectivity index (χ0v) is 12.2. The van der Waals surface area contributed by atoms with Gasteiger partial charge in [0.2, 0.25) is 0 Å². The lowest BCUT2D eigenvalue weighted by molar-refractivity contribution is -0.384. The summed E-state index contributed by atoms with van der Waals surface area (Å²) < 4.78 is 0.589. The number of hydrogen-bond acceptors (Lipinski definition) is 5. The van der Waals surface area contributed by atoms with Gasteiger partial charge >= 0.3 is 0 Å². The lowest BCUT2D eigenvalue weighted by Crippen LogP contribution is -2.17. The molecular weight excluding hydrogens is 302 g/mol. The molecule has 0 fully saturated rings. The third-order valence-electron chi connectivity index (χ3n) is 2.41. The molecule has 104 valence electrons. The van der Waals surface area contributed by atoms with Gasteiger partial charge in [-0.15, -0.1) is 11.3 Å². The minimum Gasteiger partial charge on any atom is -0.266 e. The summed E-state index contributed by atoms with van der Waals surface area (Å²) in [6.45, 7) is 3.49. The highest BCUT2D eigenvalue weighted by Crippen LogP contribution is 2.37. The van der Waals surface area contributed by atoms with E-state index in [-0.39, 0.29) is 15.6 Å². The summed E-state index contributed by atoms with van der Waals surface area (Å²) in [6, 6.07) is 4.30. The standard InChI is InChI=1S/C12H10ClN3O3S/c1-6(2)14-15-12(17)11-10(13)8-4-3-7(16(18)19)5-9(8)20-11/h3-5H,1-2H3,(H,15,17). The molecule has 0 aliphatic heterocycles. The van der Waals surface area contributed by atoms with Crippen LogP contribution >= 0.6 is 22.9 Å². The van der Waals surface area contributed by atoms with Crippen LogP contribution in [0, 0.1) is 10.1 Å². The Balaban J connectivity index is 2.45. The van der Waals surface area contributed by atoms with Gasteiger partial charge in [-0.25, -0.2) is 5.43 Å². The minimum absolute atomic E-state index is 0.0372. The molecule has 0 bridgehead atoms. The summed E-state index contributed by atoms with van der Waals surface area (Å²) in [7, 11) is 0. The average molecular weight is 312 g/mol. The molecule has 0 spiro atoms. The fourth-order valence-electron chi connectivity index (χ4n) is 1.53. The van der Waals surface area contributed by atoms with Crippen LogP contribution in [0.25, 0.3) is 10.1 Å². The fourth-order valence-corrected chi connectivity index (χ4v) is 2.97. The second-order valence-corrected chi connectivity index (χ2v) is 5.61. The number of hydrazone groups is 1. The quantitative estimate of drug-likeness (QED) is 0.534. The van der Waals surface area contributed by atoms with E-state index in [0.717, 1.165) is 11.3 Å². The van der Waals surface area contributed by atoms with E-state index in [4.69, 9.17) is 11.6 Å². The second kappa shape index (κ2) is 5.56. The van der Waals surface area contributed by atoms with Crippen LogP contribution in [0.2, 0.25) is 5.02 Å². The van der Waals surface area contributed by atoms with Crippen molar-refractivity contribution in [3.63, 3.8) is 0 Å². The van der Waals surface area contributed by atoms with Crippen LogP contribution < -0.4 is 5.43 Å². The van der Waals surface area contributed by atoms with Gasteiger partial charge < -0.3 is 0 Å². The van der Waals surface area contributed by atoms with Crippen LogP contribution in [0.5, 0.6) is 0 Å². The second-order valence-electron chi connectivity index (χ2n) is 4.18. The molecule has 6 nitrogen and oxygen atoms in total. The van der Waals surface area contributed by atoms with Gasteiger partial charge in [0.15, 0.2) is 0 Å². The highest BCUT2D eigenvalue weighted by Gasteiger charge is 2.18. The van der Waals surface area contributed by atoms with Crippen molar-refractivity contribution in [3.8, 4) is 0 Å². The number of halogens is 1. The Morgan fingerprint density at radius 3 is 2.75 bits per heavy atom. The molecule has 1 N–H and O–H groups in total. The van der Waals surface area contributed by atoms with Crippen molar-refractivity contribution < 1.29 is 9.72 Å². The Morgan fingerprint density at radius 1 is 1.45 bits per heavy atom. The van der Waals surface area contributed by atoms with Crippen molar-refractivity contribution in [3.05, 3.63) is 38.2 Å². The number of carbonyl (C=O) groups is 1. The lowest BCUT2D eigenvalue weighted by Gasteiger charge is -1.97.